The fourth-order valence-electron chi connectivity index (χ4n) is 2.36. The van der Waals surface area contributed by atoms with Gasteiger partial charge in [0.25, 0.3) is 0 Å². The lowest BCUT2D eigenvalue weighted by atomic mass is 10.1. The number of aliphatic hydroxyl groups excluding tert-OH is 1. The van der Waals surface area contributed by atoms with Gasteiger partial charge in [-0.2, -0.15) is 4.21 Å². The Balaban J connectivity index is 0.00000265. The first-order chi connectivity index (χ1) is 15.9. The molecule has 0 fully saturated rings. The third-order valence-electron chi connectivity index (χ3n) is 3.86. The molecule has 0 radical (unpaired) electrons. The van der Waals surface area contributed by atoms with Gasteiger partial charge >= 0.3 is 11.4 Å². The van der Waals surface area contributed by atoms with E-state index in [1.807, 2.05) is 13.8 Å². The molecular weight excluding hydrogens is 448 g/mol. The predicted octanol–water partition coefficient (Wildman–Crippen LogP) is 4.78. The van der Waals surface area contributed by atoms with E-state index in [2.05, 4.69) is 4.18 Å². The number of phenols is 1. The number of methoxy groups -OCH3 is 2. The molecule has 1 atom stereocenters. The second kappa shape index (κ2) is 14.5. The highest BCUT2D eigenvalue weighted by atomic mass is 32.2. The number of allylic oxidation sites excluding steroid dienone is 3. The summed E-state index contributed by atoms with van der Waals surface area (Å²) in [5, 5.41) is 19.6. The van der Waals surface area contributed by atoms with Gasteiger partial charge in [-0.25, -0.2) is 0 Å². The number of phenolic OH excluding ortho intramolecular Hbond substituents is 1. The first kappa shape index (κ1) is 27.5. The van der Waals surface area contributed by atoms with Gasteiger partial charge in [-0.15, -0.1) is 0 Å². The van der Waals surface area contributed by atoms with Crippen LogP contribution in [0.3, 0.4) is 0 Å². The zero-order chi connectivity index (χ0) is 24.8. The van der Waals surface area contributed by atoms with Gasteiger partial charge < -0.3 is 23.9 Å². The van der Waals surface area contributed by atoms with Crippen LogP contribution < -0.4 is 13.7 Å². The molecule has 0 saturated heterocycles. The van der Waals surface area contributed by atoms with Gasteiger partial charge in [0.1, 0.15) is 5.76 Å². The van der Waals surface area contributed by atoms with E-state index in [-0.39, 0.29) is 23.0 Å². The predicted molar refractivity (Wildman–Crippen MR) is 129 cm³/mol. The Morgan fingerprint density at radius 1 is 0.879 bits per heavy atom. The number of aliphatic hydroxyl groups is 1. The van der Waals surface area contributed by atoms with Crippen LogP contribution in [0, 0.1) is 0 Å². The Labute approximate surface area is 196 Å². The molecule has 0 aromatic heterocycles. The first-order valence-corrected chi connectivity index (χ1v) is 10.9. The molecule has 2 aromatic rings. The quantitative estimate of drug-likeness (QED) is 0.286. The third kappa shape index (κ3) is 9.22. The molecule has 0 bridgehead atoms. The molecule has 1 unspecified atom stereocenters. The molecule has 178 valence electrons. The first-order valence-electron chi connectivity index (χ1n) is 9.86. The summed E-state index contributed by atoms with van der Waals surface area (Å²) in [4.78, 5) is 12.0. The molecule has 2 aromatic carbocycles. The average Bonchev–Trinajstić information content (AvgIpc) is 2.83. The van der Waals surface area contributed by atoms with Gasteiger partial charge in [0, 0.05) is 6.08 Å². The molecule has 0 aliphatic heterocycles. The van der Waals surface area contributed by atoms with Crippen LogP contribution in [0.4, 0.5) is 0 Å². The lowest BCUT2D eigenvalue weighted by molar-refractivity contribution is -0.110. The minimum atomic E-state index is -1.94. The molecule has 0 amide bonds. The Bertz CT molecular complexity index is 1040. The molecule has 0 spiro atoms. The van der Waals surface area contributed by atoms with E-state index < -0.39 is 17.1 Å². The molecular formula is C24H28O8S. The molecule has 8 nitrogen and oxygen atoms in total. The van der Waals surface area contributed by atoms with Crippen LogP contribution in [0.25, 0.3) is 12.2 Å². The third-order valence-corrected chi connectivity index (χ3v) is 4.45. The van der Waals surface area contributed by atoms with Crippen molar-refractivity contribution in [1.82, 2.24) is 0 Å². The van der Waals surface area contributed by atoms with E-state index in [1.54, 1.807) is 30.3 Å². The lowest BCUT2D eigenvalue weighted by Gasteiger charge is -2.08. The number of carbonyl (C=O) groups is 1. The highest BCUT2D eigenvalue weighted by Crippen LogP contribution is 2.29. The maximum atomic E-state index is 12.0. The number of rotatable bonds is 10. The average molecular weight is 477 g/mol. The van der Waals surface area contributed by atoms with Crippen molar-refractivity contribution in [2.45, 2.75) is 13.8 Å². The van der Waals surface area contributed by atoms with Gasteiger partial charge in [-0.3, -0.25) is 8.98 Å². The fraction of sp³-hybridized carbons (Fsp3) is 0.208. The smallest absolute Gasteiger partial charge is 0.360 e. The molecule has 0 heterocycles. The van der Waals surface area contributed by atoms with E-state index >= 15 is 0 Å². The van der Waals surface area contributed by atoms with E-state index in [0.717, 1.165) is 6.08 Å². The minimum Gasteiger partial charge on any atom is -0.508 e. The Hall–Kier alpha value is -3.56. The number of carbonyl (C=O) groups excluding carboxylic acids is 1. The van der Waals surface area contributed by atoms with Crippen molar-refractivity contribution in [3.8, 4) is 23.0 Å². The van der Waals surface area contributed by atoms with Gasteiger partial charge in [-0.05, 0) is 47.5 Å². The summed E-state index contributed by atoms with van der Waals surface area (Å²) >= 11 is -1.94. The number of ether oxygens (including phenoxy) is 2. The molecule has 0 aliphatic carbocycles. The Morgan fingerprint density at radius 2 is 1.45 bits per heavy atom. The molecule has 33 heavy (non-hydrogen) atoms. The number of benzene rings is 2. The van der Waals surface area contributed by atoms with Crippen molar-refractivity contribution in [2.75, 3.05) is 21.3 Å². The van der Waals surface area contributed by atoms with Crippen LogP contribution in [0.5, 0.6) is 23.0 Å². The maximum absolute atomic E-state index is 12.0. The summed E-state index contributed by atoms with van der Waals surface area (Å²) in [5.74, 6) is 0.147. The summed E-state index contributed by atoms with van der Waals surface area (Å²) in [6.45, 7) is 4.00. The van der Waals surface area contributed by atoms with Crippen LogP contribution in [-0.4, -0.2) is 41.5 Å². The van der Waals surface area contributed by atoms with Gasteiger partial charge in [0.15, 0.2) is 28.8 Å². The standard InChI is InChI=1S/C22H22O8S.C2H6/c1-27-21-12-15(6-10-19(21)25)4-8-17(23)14-18(24)9-5-16-7-11-20(22(13-16)28-2)30-31(26)29-3;1-2/h4-14,24-25H,1-3H3;1-2H3/b8-4+,9-5+,18-14-;. The zero-order valence-electron chi connectivity index (χ0n) is 19.1. The molecule has 0 saturated carbocycles. The second-order valence-corrected chi connectivity index (χ2v) is 6.84. The summed E-state index contributed by atoms with van der Waals surface area (Å²) in [6, 6.07) is 9.44. The summed E-state index contributed by atoms with van der Waals surface area (Å²) in [5.41, 5.74) is 1.29. The van der Waals surface area contributed by atoms with Crippen molar-refractivity contribution < 1.29 is 37.1 Å². The fourth-order valence-corrected chi connectivity index (χ4v) is 2.72. The summed E-state index contributed by atoms with van der Waals surface area (Å²) in [7, 11) is 4.10. The van der Waals surface area contributed by atoms with Gasteiger partial charge in [0.2, 0.25) is 0 Å². The highest BCUT2D eigenvalue weighted by molar-refractivity contribution is 7.75. The van der Waals surface area contributed by atoms with E-state index in [4.69, 9.17) is 13.7 Å². The molecule has 0 aliphatic rings. The van der Waals surface area contributed by atoms with Crippen molar-refractivity contribution in [3.63, 3.8) is 0 Å². The Morgan fingerprint density at radius 3 is 2.06 bits per heavy atom. The van der Waals surface area contributed by atoms with Crippen LogP contribution >= 0.6 is 0 Å². The van der Waals surface area contributed by atoms with E-state index in [1.165, 1.54) is 51.7 Å². The summed E-state index contributed by atoms with van der Waals surface area (Å²) < 4.78 is 31.2. The highest BCUT2D eigenvalue weighted by Gasteiger charge is 2.09. The number of hydrogen-bond donors (Lipinski definition) is 2. The largest absolute Gasteiger partial charge is 0.508 e. The van der Waals surface area contributed by atoms with Crippen LogP contribution in [0.15, 0.2) is 60.4 Å². The van der Waals surface area contributed by atoms with Crippen LogP contribution in [-0.2, 0) is 20.3 Å². The number of hydrogen-bond acceptors (Lipinski definition) is 8. The minimum absolute atomic E-state index is 0.00293. The van der Waals surface area contributed by atoms with Crippen molar-refractivity contribution in [1.29, 1.82) is 0 Å². The molecule has 9 heteroatoms. The molecule has 2 rings (SSSR count). The number of aromatic hydroxyl groups is 1. The Kier molecular flexibility index (Phi) is 12.1. The van der Waals surface area contributed by atoms with Gasteiger partial charge in [0.05, 0.1) is 21.3 Å². The van der Waals surface area contributed by atoms with Crippen molar-refractivity contribution in [2.24, 2.45) is 0 Å². The SMILES string of the molecule is CC.COc1cc(/C=C/C(=O)/C=C(O)/C=C/c2ccc(OS(=O)OC)c(OC)c2)ccc1O. The molecule has 2 N–H and O–H groups in total. The van der Waals surface area contributed by atoms with Crippen LogP contribution in [0.2, 0.25) is 0 Å². The maximum Gasteiger partial charge on any atom is 0.360 e. The van der Waals surface area contributed by atoms with Crippen LogP contribution in [0.1, 0.15) is 25.0 Å². The van der Waals surface area contributed by atoms with Gasteiger partial charge in [-0.1, -0.05) is 38.1 Å². The van der Waals surface area contributed by atoms with Crippen molar-refractivity contribution >= 4 is 29.3 Å². The van der Waals surface area contributed by atoms with E-state index in [0.29, 0.717) is 16.9 Å². The lowest BCUT2D eigenvalue weighted by Crippen LogP contribution is -2.03. The number of ketones is 1. The second-order valence-electron chi connectivity index (χ2n) is 5.93. The monoisotopic (exact) mass is 476 g/mol. The van der Waals surface area contributed by atoms with E-state index in [9.17, 15) is 19.2 Å². The topological polar surface area (TPSA) is 112 Å². The summed E-state index contributed by atoms with van der Waals surface area (Å²) in [6.07, 6.45) is 6.78. The zero-order valence-corrected chi connectivity index (χ0v) is 19.9. The normalized spacial score (nSPS) is 12.2. The van der Waals surface area contributed by atoms with Crippen molar-refractivity contribution in [3.05, 3.63) is 71.5 Å².